The van der Waals surface area contributed by atoms with Crippen LogP contribution in [-0.2, 0) is 4.79 Å². The zero-order chi connectivity index (χ0) is 15.0. The fourth-order valence-electron chi connectivity index (χ4n) is 3.61. The second-order valence-corrected chi connectivity index (χ2v) is 5.78. The molecular formula is C15H17FN2O3. The van der Waals surface area contributed by atoms with Crippen LogP contribution >= 0.6 is 0 Å². The highest BCUT2D eigenvalue weighted by molar-refractivity contribution is 5.95. The summed E-state index contributed by atoms with van der Waals surface area (Å²) in [4.78, 5) is 29.3. The molecular weight excluding hydrogens is 275 g/mol. The van der Waals surface area contributed by atoms with Gasteiger partial charge in [0, 0.05) is 6.04 Å². The van der Waals surface area contributed by atoms with Crippen LogP contribution in [0.25, 0.3) is 0 Å². The molecule has 1 saturated carbocycles. The maximum atomic E-state index is 12.9. The summed E-state index contributed by atoms with van der Waals surface area (Å²) < 4.78 is 12.9. The molecule has 3 atom stereocenters. The number of pyridine rings is 1. The number of amides is 1. The summed E-state index contributed by atoms with van der Waals surface area (Å²) in [5.41, 5.74) is 0.105. The summed E-state index contributed by atoms with van der Waals surface area (Å²) in [6, 6.07) is 1.66. The lowest BCUT2D eigenvalue weighted by molar-refractivity contribution is -0.141. The third-order valence-corrected chi connectivity index (χ3v) is 4.55. The lowest BCUT2D eigenvalue weighted by Crippen LogP contribution is -2.46. The van der Waals surface area contributed by atoms with Crippen LogP contribution in [-0.4, -0.2) is 39.0 Å². The Bertz CT molecular complexity index is 561. The lowest BCUT2D eigenvalue weighted by atomic mass is 9.84. The fraction of sp³-hybridized carbons (Fsp3) is 0.533. The van der Waals surface area contributed by atoms with Gasteiger partial charge in [-0.15, -0.1) is 0 Å². The molecule has 1 aromatic rings. The number of hydrogen-bond acceptors (Lipinski definition) is 3. The van der Waals surface area contributed by atoms with E-state index < -0.39 is 23.7 Å². The molecule has 21 heavy (non-hydrogen) atoms. The van der Waals surface area contributed by atoms with Gasteiger partial charge in [-0.3, -0.25) is 4.79 Å². The van der Waals surface area contributed by atoms with Crippen molar-refractivity contribution in [3.63, 3.8) is 0 Å². The van der Waals surface area contributed by atoms with E-state index in [2.05, 4.69) is 4.98 Å². The minimum atomic E-state index is -0.972. The first-order valence-corrected chi connectivity index (χ1v) is 7.25. The van der Waals surface area contributed by atoms with Crippen LogP contribution in [0.15, 0.2) is 18.3 Å². The molecule has 0 aromatic carbocycles. The van der Waals surface area contributed by atoms with E-state index in [0.717, 1.165) is 31.9 Å². The minimum Gasteiger partial charge on any atom is -0.480 e. The van der Waals surface area contributed by atoms with Crippen molar-refractivity contribution in [3.05, 3.63) is 29.8 Å². The molecule has 3 unspecified atom stereocenters. The summed E-state index contributed by atoms with van der Waals surface area (Å²) in [7, 11) is 0. The number of hydrogen-bond donors (Lipinski definition) is 1. The van der Waals surface area contributed by atoms with E-state index in [1.54, 1.807) is 0 Å². The van der Waals surface area contributed by atoms with Crippen molar-refractivity contribution in [2.75, 3.05) is 0 Å². The summed E-state index contributed by atoms with van der Waals surface area (Å²) in [6.45, 7) is 0. The summed E-state index contributed by atoms with van der Waals surface area (Å²) >= 11 is 0. The van der Waals surface area contributed by atoms with Gasteiger partial charge in [0.2, 0.25) is 0 Å². The molecule has 2 aliphatic rings. The summed E-state index contributed by atoms with van der Waals surface area (Å²) in [5, 5.41) is 9.40. The van der Waals surface area contributed by atoms with Crippen molar-refractivity contribution in [1.82, 2.24) is 9.88 Å². The monoisotopic (exact) mass is 292 g/mol. The third kappa shape index (κ3) is 2.50. The average Bonchev–Trinajstić information content (AvgIpc) is 2.87. The number of aliphatic carboxylic acids is 1. The Morgan fingerprint density at radius 1 is 1.29 bits per heavy atom. The van der Waals surface area contributed by atoms with Gasteiger partial charge in [0.15, 0.2) is 0 Å². The molecule has 1 amide bonds. The van der Waals surface area contributed by atoms with Gasteiger partial charge in [0.1, 0.15) is 17.6 Å². The van der Waals surface area contributed by atoms with Gasteiger partial charge in [0.25, 0.3) is 5.91 Å². The van der Waals surface area contributed by atoms with Gasteiger partial charge in [-0.05, 0) is 37.3 Å². The average molecular weight is 292 g/mol. The number of carbonyl (C=O) groups excluding carboxylic acids is 1. The molecule has 3 rings (SSSR count). The normalized spacial score (nSPS) is 28.2. The van der Waals surface area contributed by atoms with E-state index in [1.807, 2.05) is 0 Å². The highest BCUT2D eigenvalue weighted by atomic mass is 19.1. The van der Waals surface area contributed by atoms with Gasteiger partial charge in [-0.2, -0.15) is 0 Å². The Balaban J connectivity index is 1.90. The molecule has 1 aromatic heterocycles. The largest absolute Gasteiger partial charge is 0.480 e. The quantitative estimate of drug-likeness (QED) is 0.906. The number of rotatable bonds is 2. The van der Waals surface area contributed by atoms with Crippen LogP contribution in [0, 0.1) is 11.7 Å². The predicted molar refractivity (Wildman–Crippen MR) is 72.2 cm³/mol. The van der Waals surface area contributed by atoms with E-state index in [0.29, 0.717) is 6.42 Å². The second kappa shape index (κ2) is 5.42. The zero-order valence-corrected chi connectivity index (χ0v) is 11.5. The number of fused-ring (bicyclic) bond motifs is 1. The van der Waals surface area contributed by atoms with E-state index in [9.17, 15) is 19.1 Å². The highest BCUT2D eigenvalue weighted by Crippen LogP contribution is 2.40. The van der Waals surface area contributed by atoms with Crippen molar-refractivity contribution < 1.29 is 19.1 Å². The fourth-order valence-corrected chi connectivity index (χ4v) is 3.61. The molecule has 1 aliphatic heterocycles. The van der Waals surface area contributed by atoms with Crippen LogP contribution in [0.2, 0.25) is 0 Å². The summed E-state index contributed by atoms with van der Waals surface area (Å²) in [5.74, 6) is -1.64. The van der Waals surface area contributed by atoms with Crippen molar-refractivity contribution in [2.24, 2.45) is 5.92 Å². The molecule has 2 fully saturated rings. The Kier molecular flexibility index (Phi) is 3.61. The van der Waals surface area contributed by atoms with Crippen LogP contribution in [0.4, 0.5) is 4.39 Å². The topological polar surface area (TPSA) is 70.5 Å². The number of carbonyl (C=O) groups is 2. The van der Waals surface area contributed by atoms with Gasteiger partial charge in [-0.25, -0.2) is 14.2 Å². The smallest absolute Gasteiger partial charge is 0.326 e. The molecule has 1 aliphatic carbocycles. The Hall–Kier alpha value is -1.98. The molecule has 0 spiro atoms. The predicted octanol–water partition coefficient (Wildman–Crippen LogP) is 2.08. The third-order valence-electron chi connectivity index (χ3n) is 4.55. The highest BCUT2D eigenvalue weighted by Gasteiger charge is 2.47. The molecule has 1 saturated heterocycles. The van der Waals surface area contributed by atoms with Crippen LogP contribution in [0.5, 0.6) is 0 Å². The number of aromatic nitrogens is 1. The van der Waals surface area contributed by atoms with Gasteiger partial charge >= 0.3 is 5.97 Å². The van der Waals surface area contributed by atoms with Crippen molar-refractivity contribution in [1.29, 1.82) is 0 Å². The Morgan fingerprint density at radius 3 is 2.71 bits per heavy atom. The van der Waals surface area contributed by atoms with Crippen molar-refractivity contribution in [2.45, 2.75) is 44.2 Å². The van der Waals surface area contributed by atoms with Crippen molar-refractivity contribution >= 4 is 11.9 Å². The molecule has 1 N–H and O–H groups in total. The first kappa shape index (κ1) is 14.0. The lowest BCUT2D eigenvalue weighted by Gasteiger charge is -2.32. The standard InChI is InChI=1S/C15H17FN2O3/c16-10-5-6-11(17-8-10)14(19)18-12-4-2-1-3-9(12)7-13(18)15(20)21/h5-6,8-9,12-13H,1-4,7H2,(H,20,21). The molecule has 0 bridgehead atoms. The number of likely N-dealkylation sites (tertiary alicyclic amines) is 1. The van der Waals surface area contributed by atoms with Crippen molar-refractivity contribution in [3.8, 4) is 0 Å². The Morgan fingerprint density at radius 2 is 2.05 bits per heavy atom. The van der Waals surface area contributed by atoms with Gasteiger partial charge in [-0.1, -0.05) is 12.8 Å². The molecule has 112 valence electrons. The first-order valence-electron chi connectivity index (χ1n) is 7.25. The second-order valence-electron chi connectivity index (χ2n) is 5.78. The number of carboxylic acid groups (broad SMARTS) is 1. The minimum absolute atomic E-state index is 0.0285. The summed E-state index contributed by atoms with van der Waals surface area (Å²) in [6.07, 6.45) is 5.39. The number of halogens is 1. The molecule has 2 heterocycles. The molecule has 6 heteroatoms. The van der Waals surface area contributed by atoms with Gasteiger partial charge < -0.3 is 10.0 Å². The van der Waals surface area contributed by atoms with Gasteiger partial charge in [0.05, 0.1) is 6.20 Å². The number of nitrogens with zero attached hydrogens (tertiary/aromatic N) is 2. The zero-order valence-electron chi connectivity index (χ0n) is 11.5. The maximum absolute atomic E-state index is 12.9. The van der Waals surface area contributed by atoms with E-state index in [1.165, 1.54) is 17.0 Å². The van der Waals surface area contributed by atoms with Crippen LogP contribution < -0.4 is 0 Å². The van der Waals surface area contributed by atoms with E-state index >= 15 is 0 Å². The van der Waals surface area contributed by atoms with E-state index in [4.69, 9.17) is 0 Å². The maximum Gasteiger partial charge on any atom is 0.326 e. The number of carboxylic acids is 1. The first-order chi connectivity index (χ1) is 10.1. The van der Waals surface area contributed by atoms with Crippen LogP contribution in [0.3, 0.4) is 0 Å². The van der Waals surface area contributed by atoms with E-state index in [-0.39, 0.29) is 17.7 Å². The Labute approximate surface area is 121 Å². The SMILES string of the molecule is O=C(O)C1CC2CCCCC2N1C(=O)c1ccc(F)cn1. The van der Waals surface area contributed by atoms with Crippen LogP contribution in [0.1, 0.15) is 42.6 Å². The molecule has 0 radical (unpaired) electrons. The molecule has 5 nitrogen and oxygen atoms in total.